The number of aromatic nitrogens is 1. The second-order valence-electron chi connectivity index (χ2n) is 10.2. The van der Waals surface area contributed by atoms with Gasteiger partial charge >= 0.3 is 0 Å². The molecule has 0 atom stereocenters. The summed E-state index contributed by atoms with van der Waals surface area (Å²) in [6.07, 6.45) is 2.13. The molecule has 0 radical (unpaired) electrons. The molecule has 34 heavy (non-hydrogen) atoms. The molecule has 0 saturated carbocycles. The summed E-state index contributed by atoms with van der Waals surface area (Å²) in [4.78, 5) is 0. The van der Waals surface area contributed by atoms with Crippen molar-refractivity contribution in [3.8, 4) is 28.5 Å². The average Bonchev–Trinajstić information content (AvgIpc) is 3.18. The number of hydrogen-bond donors (Lipinski definition) is 0. The molecule has 3 nitrogen and oxygen atoms in total. The van der Waals surface area contributed by atoms with Crippen molar-refractivity contribution >= 4 is 35.2 Å². The molecular weight excluding hydrogens is 432 g/mol. The third-order valence-electron chi connectivity index (χ3n) is 6.72. The Labute approximate surface area is 201 Å². The molecule has 0 aliphatic heterocycles. The van der Waals surface area contributed by atoms with Crippen LogP contribution in [0, 0.1) is 25.2 Å². The van der Waals surface area contributed by atoms with Crippen molar-refractivity contribution in [1.82, 2.24) is 0 Å². The van der Waals surface area contributed by atoms with Gasteiger partial charge in [0, 0.05) is 28.0 Å². The van der Waals surface area contributed by atoms with E-state index >= 15 is 0 Å². The van der Waals surface area contributed by atoms with E-state index in [1.54, 1.807) is 0 Å². The summed E-state index contributed by atoms with van der Waals surface area (Å²) in [6, 6.07) is 23.7. The number of furan rings is 1. The summed E-state index contributed by atoms with van der Waals surface area (Å²) in [7, 11) is 0.683. The van der Waals surface area contributed by atoms with Gasteiger partial charge in [-0.25, -0.2) is 4.57 Å². The number of hydrogen-bond acceptors (Lipinski definition) is 2. The molecule has 3 aromatic carbocycles. The minimum absolute atomic E-state index is 0.638. The molecule has 5 rings (SSSR count). The molecule has 0 fully saturated rings. The van der Waals surface area contributed by atoms with Crippen molar-refractivity contribution in [2.24, 2.45) is 7.05 Å². The summed E-state index contributed by atoms with van der Waals surface area (Å²) in [6.45, 7) is 11.3. The second-order valence-corrected chi connectivity index (χ2v) is 15.3. The molecule has 2 aromatic heterocycles. The van der Waals surface area contributed by atoms with E-state index < -0.39 is 8.07 Å². The molecule has 0 amide bonds. The topological polar surface area (TPSA) is 40.8 Å². The van der Waals surface area contributed by atoms with E-state index in [0.29, 0.717) is 5.56 Å². The van der Waals surface area contributed by atoms with Gasteiger partial charge in [0.1, 0.15) is 18.2 Å². The first-order valence-corrected chi connectivity index (χ1v) is 15.2. The van der Waals surface area contributed by atoms with Crippen LogP contribution in [-0.4, -0.2) is 8.07 Å². The van der Waals surface area contributed by atoms with Crippen molar-refractivity contribution in [1.29, 1.82) is 5.26 Å². The molecule has 0 aliphatic carbocycles. The Hall–Kier alpha value is -3.68. The van der Waals surface area contributed by atoms with Crippen LogP contribution in [-0.2, 0) is 7.05 Å². The van der Waals surface area contributed by atoms with Crippen molar-refractivity contribution in [2.75, 3.05) is 0 Å². The summed E-state index contributed by atoms with van der Waals surface area (Å²) >= 11 is 0. The standard InChI is InChI=1S/C30H29N2OSi/c1-19-7-16-26(32(3)18-19)27-20(2)8-14-25-28-22(17-31)11-15-24(29(28)33-30(25)27)21-9-12-23(13-10-21)34(4,5)6/h7-16,18H,1-6H3/q+1. The summed E-state index contributed by atoms with van der Waals surface area (Å²) < 4.78 is 8.82. The number of nitriles is 1. The van der Waals surface area contributed by atoms with Crippen LogP contribution in [0.4, 0.5) is 0 Å². The molecule has 0 N–H and O–H groups in total. The minimum Gasteiger partial charge on any atom is -0.454 e. The normalized spacial score (nSPS) is 11.8. The summed E-state index contributed by atoms with van der Waals surface area (Å²) in [5.41, 5.74) is 8.88. The maximum absolute atomic E-state index is 9.93. The lowest BCUT2D eigenvalue weighted by Crippen LogP contribution is -2.37. The first kappa shape index (κ1) is 22.1. The van der Waals surface area contributed by atoms with Crippen LogP contribution >= 0.6 is 0 Å². The number of fused-ring (bicyclic) bond motifs is 3. The van der Waals surface area contributed by atoms with Crippen molar-refractivity contribution in [2.45, 2.75) is 33.5 Å². The highest BCUT2D eigenvalue weighted by Gasteiger charge is 2.24. The highest BCUT2D eigenvalue weighted by molar-refractivity contribution is 6.88. The molecule has 5 aromatic rings. The van der Waals surface area contributed by atoms with E-state index in [2.05, 4.69) is 106 Å². The lowest BCUT2D eigenvalue weighted by molar-refractivity contribution is -0.660. The van der Waals surface area contributed by atoms with Gasteiger partial charge in [0.15, 0.2) is 6.20 Å². The van der Waals surface area contributed by atoms with Gasteiger partial charge < -0.3 is 4.42 Å². The van der Waals surface area contributed by atoms with Gasteiger partial charge in [-0.3, -0.25) is 0 Å². The zero-order chi connectivity index (χ0) is 24.2. The third kappa shape index (κ3) is 3.53. The molecule has 0 saturated heterocycles. The molecule has 0 unspecified atom stereocenters. The Kier molecular flexibility index (Phi) is 5.19. The molecular formula is C30H29N2OSi+. The lowest BCUT2D eigenvalue weighted by atomic mass is 9.96. The van der Waals surface area contributed by atoms with Crippen LogP contribution in [0.3, 0.4) is 0 Å². The maximum atomic E-state index is 9.93. The van der Waals surface area contributed by atoms with E-state index in [1.165, 1.54) is 10.8 Å². The van der Waals surface area contributed by atoms with Crippen molar-refractivity contribution < 1.29 is 8.98 Å². The van der Waals surface area contributed by atoms with E-state index in [9.17, 15) is 5.26 Å². The lowest BCUT2D eigenvalue weighted by Gasteiger charge is -2.16. The first-order valence-electron chi connectivity index (χ1n) is 11.7. The van der Waals surface area contributed by atoms with Gasteiger partial charge in [0.05, 0.1) is 25.3 Å². The molecule has 168 valence electrons. The number of benzene rings is 3. The summed E-state index contributed by atoms with van der Waals surface area (Å²) in [5.74, 6) is 0. The predicted molar refractivity (Wildman–Crippen MR) is 143 cm³/mol. The van der Waals surface area contributed by atoms with Crippen LogP contribution in [0.15, 0.2) is 71.3 Å². The smallest absolute Gasteiger partial charge is 0.216 e. The van der Waals surface area contributed by atoms with E-state index in [4.69, 9.17) is 4.42 Å². The Bertz CT molecular complexity index is 1610. The molecule has 2 heterocycles. The number of rotatable bonds is 3. The number of pyridine rings is 1. The van der Waals surface area contributed by atoms with E-state index in [1.807, 2.05) is 12.1 Å². The van der Waals surface area contributed by atoms with Gasteiger partial charge in [-0.1, -0.05) is 61.2 Å². The Morgan fingerprint density at radius 3 is 2.24 bits per heavy atom. The second kappa shape index (κ2) is 7.97. The monoisotopic (exact) mass is 461 g/mol. The van der Waals surface area contributed by atoms with Gasteiger partial charge in [-0.2, -0.15) is 5.26 Å². The quantitative estimate of drug-likeness (QED) is 0.219. The zero-order valence-corrected chi connectivity index (χ0v) is 21.7. The van der Waals surface area contributed by atoms with E-state index in [-0.39, 0.29) is 0 Å². The van der Waals surface area contributed by atoms with Crippen molar-refractivity contribution in [3.05, 3.63) is 83.6 Å². The number of aryl methyl sites for hydroxylation is 3. The van der Waals surface area contributed by atoms with Crippen LogP contribution in [0.2, 0.25) is 19.6 Å². The fraction of sp³-hybridized carbons (Fsp3) is 0.200. The number of nitrogens with zero attached hydrogens (tertiary/aromatic N) is 2. The third-order valence-corrected chi connectivity index (χ3v) is 8.78. The largest absolute Gasteiger partial charge is 0.454 e. The van der Waals surface area contributed by atoms with Crippen LogP contribution in [0.5, 0.6) is 0 Å². The highest BCUT2D eigenvalue weighted by Crippen LogP contribution is 2.41. The molecule has 0 spiro atoms. The van der Waals surface area contributed by atoms with Gasteiger partial charge in [-0.05, 0) is 43.2 Å². The Morgan fingerprint density at radius 2 is 1.59 bits per heavy atom. The minimum atomic E-state index is -1.38. The van der Waals surface area contributed by atoms with Crippen LogP contribution < -0.4 is 9.75 Å². The fourth-order valence-electron chi connectivity index (χ4n) is 4.84. The molecule has 0 aliphatic rings. The van der Waals surface area contributed by atoms with Crippen LogP contribution in [0.25, 0.3) is 44.3 Å². The highest BCUT2D eigenvalue weighted by atomic mass is 28.3. The molecule has 0 bridgehead atoms. The average molecular weight is 462 g/mol. The fourth-order valence-corrected chi connectivity index (χ4v) is 6.00. The van der Waals surface area contributed by atoms with Gasteiger partial charge in [0.25, 0.3) is 0 Å². The van der Waals surface area contributed by atoms with E-state index in [0.717, 1.165) is 49.9 Å². The summed E-state index contributed by atoms with van der Waals surface area (Å²) in [5, 5.41) is 13.2. The van der Waals surface area contributed by atoms with Crippen LogP contribution in [0.1, 0.15) is 16.7 Å². The van der Waals surface area contributed by atoms with Gasteiger partial charge in [-0.15, -0.1) is 0 Å². The first-order chi connectivity index (χ1) is 16.2. The maximum Gasteiger partial charge on any atom is 0.216 e. The predicted octanol–water partition coefficient (Wildman–Crippen LogP) is 6.78. The van der Waals surface area contributed by atoms with Gasteiger partial charge in [0.2, 0.25) is 5.69 Å². The molecule has 4 heteroatoms. The zero-order valence-electron chi connectivity index (χ0n) is 20.7. The Morgan fingerprint density at radius 1 is 0.853 bits per heavy atom. The SMILES string of the molecule is Cc1ccc(-c2c(C)ccc3c2oc2c(-c4ccc([Si](C)(C)C)cc4)ccc(C#N)c23)[n+](C)c1. The van der Waals surface area contributed by atoms with Crippen molar-refractivity contribution in [3.63, 3.8) is 0 Å². The Balaban J connectivity index is 1.83.